The van der Waals surface area contributed by atoms with E-state index in [1.54, 1.807) is 13.0 Å². The summed E-state index contributed by atoms with van der Waals surface area (Å²) in [6.07, 6.45) is -4.04. The van der Waals surface area contributed by atoms with Gasteiger partial charge >= 0.3 is 12.1 Å². The third kappa shape index (κ3) is 5.68. The lowest BCUT2D eigenvalue weighted by Crippen LogP contribution is -2.33. The van der Waals surface area contributed by atoms with Gasteiger partial charge < -0.3 is 9.84 Å². The highest BCUT2D eigenvalue weighted by Crippen LogP contribution is 2.37. The summed E-state index contributed by atoms with van der Waals surface area (Å²) in [5.41, 5.74) is -1.93. The minimum Gasteiger partial charge on any atom is -0.481 e. The van der Waals surface area contributed by atoms with Crippen LogP contribution in [0.1, 0.15) is 30.0 Å². The van der Waals surface area contributed by atoms with Crippen molar-refractivity contribution in [1.29, 1.82) is 0 Å². The van der Waals surface area contributed by atoms with E-state index in [1.807, 2.05) is 30.3 Å². The van der Waals surface area contributed by atoms with Crippen LogP contribution < -0.4 is 4.74 Å². The Morgan fingerprint density at radius 2 is 1.64 bits per heavy atom. The van der Waals surface area contributed by atoms with Crippen LogP contribution >= 0.6 is 0 Å². The van der Waals surface area contributed by atoms with Crippen molar-refractivity contribution in [2.45, 2.75) is 31.4 Å². The average Bonchev–Trinajstić information content (AvgIpc) is 2.77. The molecular weight excluding hydrogens is 439 g/mol. The minimum absolute atomic E-state index is 0.0632. The predicted octanol–water partition coefficient (Wildman–Crippen LogP) is 6.38. The second kappa shape index (κ2) is 9.32. The van der Waals surface area contributed by atoms with Crippen molar-refractivity contribution in [2.75, 3.05) is 0 Å². The molecule has 33 heavy (non-hydrogen) atoms. The molecule has 0 saturated heterocycles. The van der Waals surface area contributed by atoms with Crippen molar-refractivity contribution in [1.82, 2.24) is 0 Å². The molecule has 3 aromatic carbocycles. The van der Waals surface area contributed by atoms with Gasteiger partial charge in [0, 0.05) is 6.07 Å². The Morgan fingerprint density at radius 1 is 0.970 bits per heavy atom. The molecule has 9 heteroatoms. The van der Waals surface area contributed by atoms with Crippen LogP contribution in [0.5, 0.6) is 11.5 Å². The number of rotatable bonds is 8. The van der Waals surface area contributed by atoms with Crippen LogP contribution in [0.2, 0.25) is 0 Å². The molecule has 1 unspecified atom stereocenters. The van der Waals surface area contributed by atoms with E-state index in [-0.39, 0.29) is 17.9 Å². The number of carbonyl (C=O) groups is 1. The first kappa shape index (κ1) is 23.8. The number of benzene rings is 3. The summed E-state index contributed by atoms with van der Waals surface area (Å²) in [5.74, 6) is -1.38. The van der Waals surface area contributed by atoms with Gasteiger partial charge in [0.15, 0.2) is 0 Å². The monoisotopic (exact) mass is 459 g/mol. The van der Waals surface area contributed by atoms with Crippen LogP contribution in [0.15, 0.2) is 72.8 Å². The lowest BCUT2D eigenvalue weighted by atomic mass is 9.77. The van der Waals surface area contributed by atoms with Crippen LogP contribution in [-0.2, 0) is 22.8 Å². The van der Waals surface area contributed by atoms with E-state index in [0.29, 0.717) is 24.1 Å². The van der Waals surface area contributed by atoms with Gasteiger partial charge in [-0.15, -0.1) is 0 Å². The van der Waals surface area contributed by atoms with Crippen molar-refractivity contribution in [3.63, 3.8) is 0 Å². The van der Waals surface area contributed by atoms with Gasteiger partial charge in [0.25, 0.3) is 5.69 Å². The van der Waals surface area contributed by atoms with Crippen LogP contribution in [0.3, 0.4) is 0 Å². The molecule has 0 aromatic heterocycles. The van der Waals surface area contributed by atoms with Gasteiger partial charge in [-0.05, 0) is 49.1 Å². The fourth-order valence-electron chi connectivity index (χ4n) is 3.36. The van der Waals surface area contributed by atoms with E-state index < -0.39 is 33.7 Å². The Labute approximate surface area is 187 Å². The Morgan fingerprint density at radius 3 is 2.24 bits per heavy atom. The molecule has 0 heterocycles. The fraction of sp³-hybridized carbons (Fsp3) is 0.208. The molecule has 0 aliphatic rings. The zero-order chi connectivity index (χ0) is 24.2. The Balaban J connectivity index is 1.91. The number of ether oxygens (including phenoxy) is 1. The Hall–Kier alpha value is -3.88. The number of halogens is 3. The van der Waals surface area contributed by atoms with E-state index >= 15 is 0 Å². The maximum Gasteiger partial charge on any atom is 0.416 e. The molecule has 0 aliphatic carbocycles. The van der Waals surface area contributed by atoms with E-state index in [4.69, 9.17) is 4.74 Å². The normalized spacial score (nSPS) is 13.2. The second-order valence-corrected chi connectivity index (χ2v) is 7.72. The number of hydrogen-bond acceptors (Lipinski definition) is 4. The molecule has 172 valence electrons. The predicted molar refractivity (Wildman–Crippen MR) is 114 cm³/mol. The molecule has 3 aromatic rings. The molecule has 0 spiro atoms. The molecule has 3 rings (SSSR count). The summed E-state index contributed by atoms with van der Waals surface area (Å²) < 4.78 is 44.9. The molecule has 0 aliphatic heterocycles. The second-order valence-electron chi connectivity index (χ2n) is 7.72. The number of aryl methyl sites for hydroxylation is 1. The van der Waals surface area contributed by atoms with Gasteiger partial charge in [0.2, 0.25) is 0 Å². The molecule has 0 amide bonds. The number of nitrogens with zero attached hydrogens (tertiary/aromatic N) is 1. The molecule has 1 atom stereocenters. The topological polar surface area (TPSA) is 89.7 Å². The smallest absolute Gasteiger partial charge is 0.416 e. The van der Waals surface area contributed by atoms with Gasteiger partial charge in [0.1, 0.15) is 11.5 Å². The number of nitro benzene ring substituents is 1. The van der Waals surface area contributed by atoms with Crippen LogP contribution in [0.4, 0.5) is 18.9 Å². The van der Waals surface area contributed by atoms with Gasteiger partial charge in [-0.25, -0.2) is 0 Å². The van der Waals surface area contributed by atoms with Crippen LogP contribution in [-0.4, -0.2) is 16.0 Å². The van der Waals surface area contributed by atoms with E-state index in [1.165, 1.54) is 18.2 Å². The number of carboxylic acid groups (broad SMARTS) is 1. The lowest BCUT2D eigenvalue weighted by molar-refractivity contribution is -0.385. The van der Waals surface area contributed by atoms with Crippen molar-refractivity contribution >= 4 is 11.7 Å². The summed E-state index contributed by atoms with van der Waals surface area (Å²) in [6.45, 7) is 1.56. The van der Waals surface area contributed by atoms with Crippen LogP contribution in [0, 0.1) is 10.1 Å². The van der Waals surface area contributed by atoms with Gasteiger partial charge in [-0.3, -0.25) is 14.9 Å². The number of non-ortho nitro benzene ring substituents is 1. The van der Waals surface area contributed by atoms with Gasteiger partial charge in [0.05, 0.1) is 22.0 Å². The first-order valence-electron chi connectivity index (χ1n) is 9.91. The number of alkyl halides is 3. The highest BCUT2D eigenvalue weighted by Gasteiger charge is 2.36. The molecule has 1 N–H and O–H groups in total. The molecular formula is C24H20F3NO5. The molecule has 0 radical (unpaired) electrons. The molecule has 0 bridgehead atoms. The van der Waals surface area contributed by atoms with Crippen molar-refractivity contribution < 1.29 is 32.7 Å². The molecule has 0 fully saturated rings. The van der Waals surface area contributed by atoms with Gasteiger partial charge in [-0.1, -0.05) is 42.5 Å². The third-order valence-electron chi connectivity index (χ3n) is 5.36. The highest BCUT2D eigenvalue weighted by molar-refractivity contribution is 5.81. The quantitative estimate of drug-likeness (QED) is 0.312. The van der Waals surface area contributed by atoms with Crippen molar-refractivity contribution in [3.8, 4) is 11.5 Å². The Bertz CT molecular complexity index is 1160. The number of hydrogen-bond donors (Lipinski definition) is 1. The van der Waals surface area contributed by atoms with E-state index in [9.17, 15) is 33.2 Å². The summed E-state index contributed by atoms with van der Waals surface area (Å²) in [7, 11) is 0. The summed E-state index contributed by atoms with van der Waals surface area (Å²) in [6, 6.07) is 17.3. The SMILES string of the molecule is CC(CCc1ccccc1)(C(=O)O)c1cccc(Oc2cc([N+](=O)[O-])cc(C(F)(F)F)c2)c1. The zero-order valence-corrected chi connectivity index (χ0v) is 17.5. The minimum atomic E-state index is -4.80. The van der Waals surface area contributed by atoms with Gasteiger partial charge in [-0.2, -0.15) is 13.2 Å². The molecule has 6 nitrogen and oxygen atoms in total. The third-order valence-corrected chi connectivity index (χ3v) is 5.36. The largest absolute Gasteiger partial charge is 0.481 e. The first-order valence-corrected chi connectivity index (χ1v) is 9.91. The Kier molecular flexibility index (Phi) is 6.71. The zero-order valence-electron chi connectivity index (χ0n) is 17.5. The average molecular weight is 459 g/mol. The number of carboxylic acids is 1. The maximum absolute atomic E-state index is 13.1. The summed E-state index contributed by atoms with van der Waals surface area (Å²) in [4.78, 5) is 22.3. The molecule has 0 saturated carbocycles. The van der Waals surface area contributed by atoms with Crippen molar-refractivity contribution in [2.24, 2.45) is 0 Å². The van der Waals surface area contributed by atoms with Crippen LogP contribution in [0.25, 0.3) is 0 Å². The van der Waals surface area contributed by atoms with E-state index in [0.717, 1.165) is 11.6 Å². The summed E-state index contributed by atoms with van der Waals surface area (Å²) in [5, 5.41) is 21.0. The number of nitro groups is 1. The van der Waals surface area contributed by atoms with Crippen molar-refractivity contribution in [3.05, 3.63) is 99.6 Å². The standard InChI is InChI=1S/C24H20F3NO5/c1-23(22(29)30,11-10-16-6-3-2-4-7-16)17-8-5-9-20(13-17)33-21-14-18(24(25,26)27)12-19(15-21)28(31)32/h2-9,12-15H,10-11H2,1H3,(H,29,30). The fourth-order valence-corrected chi connectivity index (χ4v) is 3.36. The maximum atomic E-state index is 13.1. The lowest BCUT2D eigenvalue weighted by Gasteiger charge is -2.26. The number of aliphatic carboxylic acids is 1. The first-order chi connectivity index (χ1) is 15.5. The van der Waals surface area contributed by atoms with E-state index in [2.05, 4.69) is 0 Å². The summed E-state index contributed by atoms with van der Waals surface area (Å²) >= 11 is 0. The highest BCUT2D eigenvalue weighted by atomic mass is 19.4.